The van der Waals surface area contributed by atoms with Gasteiger partial charge in [-0.05, 0) is 29.7 Å². The third kappa shape index (κ3) is 3.42. The van der Waals surface area contributed by atoms with Gasteiger partial charge in [0.2, 0.25) is 0 Å². The molecule has 4 aromatic carbocycles. The number of hydrogen-bond acceptors (Lipinski definition) is 4. The lowest BCUT2D eigenvalue weighted by atomic mass is 9.97. The summed E-state index contributed by atoms with van der Waals surface area (Å²) in [5, 5.41) is 0. The molecule has 1 aliphatic heterocycles. The molecule has 2 aromatic heterocycles. The molecule has 40 heavy (non-hydrogen) atoms. The third-order valence-corrected chi connectivity index (χ3v) is 7.27. The number of halogens is 4. The van der Waals surface area contributed by atoms with Crippen LogP contribution in [0.15, 0.2) is 60.7 Å². The molecule has 10 heteroatoms. The molecule has 0 amide bonds. The predicted molar refractivity (Wildman–Crippen MR) is 139 cm³/mol. The monoisotopic (exact) mass is 540 g/mol. The molecule has 6 aromatic rings. The molecule has 6 nitrogen and oxygen atoms in total. The van der Waals surface area contributed by atoms with Crippen LogP contribution < -0.4 is 0 Å². The fourth-order valence-corrected chi connectivity index (χ4v) is 5.33. The van der Waals surface area contributed by atoms with Crippen LogP contribution in [0.4, 0.5) is 17.6 Å². The normalized spacial score (nSPS) is 12.4. The molecule has 0 bridgehead atoms. The molecule has 0 saturated carbocycles. The Morgan fingerprint density at radius 1 is 0.700 bits per heavy atom. The molecule has 0 saturated heterocycles. The Kier molecular flexibility index (Phi) is 5.05. The number of aryl methyl sites for hydroxylation is 1. The van der Waals surface area contributed by atoms with E-state index in [9.17, 15) is 27.2 Å². The molecule has 3 heterocycles. The Bertz CT molecular complexity index is 2090. The van der Waals surface area contributed by atoms with Gasteiger partial charge >= 0.3 is 0 Å². The molecular formula is C30H16F4N4O2. The van der Waals surface area contributed by atoms with Crippen LogP contribution in [0.25, 0.3) is 44.8 Å². The Balaban J connectivity index is 1.27. The molecule has 1 aliphatic rings. The van der Waals surface area contributed by atoms with E-state index in [1.165, 1.54) is 4.57 Å². The van der Waals surface area contributed by atoms with Crippen molar-refractivity contribution in [1.82, 2.24) is 19.1 Å². The van der Waals surface area contributed by atoms with Crippen molar-refractivity contribution in [1.29, 1.82) is 0 Å². The number of aromatic nitrogens is 4. The van der Waals surface area contributed by atoms with Crippen LogP contribution in [0.1, 0.15) is 31.8 Å². The number of hydrogen-bond donors (Lipinski definition) is 0. The molecule has 0 fully saturated rings. The summed E-state index contributed by atoms with van der Waals surface area (Å²) in [6.07, 6.45) is 1.08. The Morgan fingerprint density at radius 2 is 1.27 bits per heavy atom. The smallest absolute Gasteiger partial charge is 0.264 e. The van der Waals surface area contributed by atoms with Gasteiger partial charge in [-0.3, -0.25) is 14.2 Å². The van der Waals surface area contributed by atoms with Crippen LogP contribution in [0.5, 0.6) is 0 Å². The highest BCUT2D eigenvalue weighted by Gasteiger charge is 2.31. The minimum Gasteiger partial charge on any atom is -0.327 e. The Labute approximate surface area is 223 Å². The molecule has 0 aliphatic carbocycles. The van der Waals surface area contributed by atoms with Crippen molar-refractivity contribution < 1.29 is 27.2 Å². The zero-order valence-electron chi connectivity index (χ0n) is 20.7. The standard InChI is InChI=1S/C30H16F4N4O2/c1-37-26-11-22(33)20(31)9-24(26)35-28(37)18-7-14(2-4-16(18)13-39)6-15-3-5-17-19(8-15)30(40)38-27-12-23(34)21(32)10-25(27)36-29(17)38/h2-5,7-13H,6H2,1H3. The fraction of sp³-hybridized carbons (Fsp3) is 0.0667. The van der Waals surface area contributed by atoms with Gasteiger partial charge in [0.05, 0.1) is 27.6 Å². The van der Waals surface area contributed by atoms with E-state index in [2.05, 4.69) is 9.97 Å². The quantitative estimate of drug-likeness (QED) is 0.196. The van der Waals surface area contributed by atoms with Crippen molar-refractivity contribution in [2.24, 2.45) is 7.05 Å². The summed E-state index contributed by atoms with van der Waals surface area (Å²) in [7, 11) is 1.66. The average Bonchev–Trinajstić information content (AvgIpc) is 3.54. The van der Waals surface area contributed by atoms with Gasteiger partial charge in [-0.25, -0.2) is 27.5 Å². The summed E-state index contributed by atoms with van der Waals surface area (Å²) in [6, 6.07) is 14.5. The zero-order valence-corrected chi connectivity index (χ0v) is 20.7. The van der Waals surface area contributed by atoms with E-state index in [4.69, 9.17) is 0 Å². The van der Waals surface area contributed by atoms with Crippen molar-refractivity contribution in [2.45, 2.75) is 6.42 Å². The second-order valence-electron chi connectivity index (χ2n) is 9.68. The van der Waals surface area contributed by atoms with Gasteiger partial charge in [0.25, 0.3) is 5.91 Å². The Hall–Kier alpha value is -5.12. The highest BCUT2D eigenvalue weighted by Crippen LogP contribution is 2.36. The highest BCUT2D eigenvalue weighted by atomic mass is 19.2. The van der Waals surface area contributed by atoms with E-state index in [1.54, 1.807) is 41.9 Å². The van der Waals surface area contributed by atoms with Gasteiger partial charge in [0.1, 0.15) is 11.6 Å². The third-order valence-electron chi connectivity index (χ3n) is 7.27. The van der Waals surface area contributed by atoms with Crippen molar-refractivity contribution in [3.05, 3.63) is 106 Å². The zero-order chi connectivity index (χ0) is 27.9. The van der Waals surface area contributed by atoms with Crippen LogP contribution in [0.2, 0.25) is 0 Å². The lowest BCUT2D eigenvalue weighted by molar-refractivity contribution is 0.0973. The van der Waals surface area contributed by atoms with E-state index in [1.807, 2.05) is 6.07 Å². The number of fused-ring (bicyclic) bond motifs is 6. The van der Waals surface area contributed by atoms with E-state index in [0.717, 1.165) is 35.4 Å². The fourth-order valence-electron chi connectivity index (χ4n) is 5.33. The first kappa shape index (κ1) is 24.0. The molecule has 0 unspecified atom stereocenters. The maximum Gasteiger partial charge on any atom is 0.264 e. The molecule has 0 spiro atoms. The second-order valence-corrected chi connectivity index (χ2v) is 9.68. The minimum absolute atomic E-state index is 0.187. The molecule has 7 rings (SSSR count). The van der Waals surface area contributed by atoms with Crippen molar-refractivity contribution >= 4 is 34.3 Å². The number of carbonyl (C=O) groups excluding carboxylic acids is 2. The van der Waals surface area contributed by atoms with Gasteiger partial charge in [-0.2, -0.15) is 0 Å². The second kappa shape index (κ2) is 8.44. The van der Waals surface area contributed by atoms with E-state index >= 15 is 0 Å². The molecule has 0 radical (unpaired) electrons. The van der Waals surface area contributed by atoms with Crippen LogP contribution >= 0.6 is 0 Å². The minimum atomic E-state index is -1.06. The summed E-state index contributed by atoms with van der Waals surface area (Å²) in [4.78, 5) is 33.9. The lowest BCUT2D eigenvalue weighted by Crippen LogP contribution is -2.06. The summed E-state index contributed by atoms with van der Waals surface area (Å²) in [5.41, 5.74) is 4.38. The van der Waals surface area contributed by atoms with Gasteiger partial charge in [0.15, 0.2) is 29.6 Å². The number of nitrogens with zero attached hydrogens (tertiary/aromatic N) is 4. The molecule has 196 valence electrons. The van der Waals surface area contributed by atoms with E-state index in [0.29, 0.717) is 52.1 Å². The molecule has 0 N–H and O–H groups in total. The summed E-state index contributed by atoms with van der Waals surface area (Å²) in [5.74, 6) is -3.82. The maximum atomic E-state index is 13.9. The number of aldehydes is 1. The van der Waals surface area contributed by atoms with Crippen molar-refractivity contribution in [2.75, 3.05) is 0 Å². The van der Waals surface area contributed by atoms with Crippen molar-refractivity contribution in [3.63, 3.8) is 0 Å². The average molecular weight is 540 g/mol. The lowest BCUT2D eigenvalue weighted by Gasteiger charge is -2.10. The molecular weight excluding hydrogens is 524 g/mol. The number of rotatable bonds is 4. The van der Waals surface area contributed by atoms with Crippen LogP contribution in [0.3, 0.4) is 0 Å². The van der Waals surface area contributed by atoms with Crippen LogP contribution in [0, 0.1) is 23.3 Å². The Morgan fingerprint density at radius 3 is 1.98 bits per heavy atom. The van der Waals surface area contributed by atoms with Gasteiger partial charge in [0, 0.05) is 48.0 Å². The number of imidazole rings is 2. The predicted octanol–water partition coefficient (Wildman–Crippen LogP) is 6.22. The maximum absolute atomic E-state index is 13.9. The van der Waals surface area contributed by atoms with Crippen LogP contribution in [-0.4, -0.2) is 31.3 Å². The first-order valence-electron chi connectivity index (χ1n) is 12.2. The summed E-state index contributed by atoms with van der Waals surface area (Å²) < 4.78 is 58.1. The number of carbonyl (C=O) groups is 2. The van der Waals surface area contributed by atoms with Crippen molar-refractivity contribution in [3.8, 4) is 22.8 Å². The first-order valence-corrected chi connectivity index (χ1v) is 12.2. The largest absolute Gasteiger partial charge is 0.327 e. The van der Waals surface area contributed by atoms with Crippen LogP contribution in [-0.2, 0) is 13.5 Å². The highest BCUT2D eigenvalue weighted by molar-refractivity contribution is 6.12. The first-order chi connectivity index (χ1) is 19.2. The SMILES string of the molecule is Cn1c(-c2cc(Cc3ccc4c(c3)C(=O)n3c-4nc4cc(F)c(F)cc43)ccc2C=O)nc2cc(F)c(F)cc21. The van der Waals surface area contributed by atoms with Gasteiger partial charge in [-0.1, -0.05) is 24.3 Å². The number of benzene rings is 4. The topological polar surface area (TPSA) is 69.8 Å². The van der Waals surface area contributed by atoms with Gasteiger partial charge < -0.3 is 4.57 Å². The summed E-state index contributed by atoms with van der Waals surface area (Å²) in [6.45, 7) is 0. The van der Waals surface area contributed by atoms with Gasteiger partial charge in [-0.15, -0.1) is 0 Å². The van der Waals surface area contributed by atoms with E-state index in [-0.39, 0.29) is 16.6 Å². The summed E-state index contributed by atoms with van der Waals surface area (Å²) >= 11 is 0. The molecule has 0 atom stereocenters. The van der Waals surface area contributed by atoms with E-state index < -0.39 is 29.2 Å².